The van der Waals surface area contributed by atoms with E-state index < -0.39 is 0 Å². The molecule has 1 aliphatic carbocycles. The van der Waals surface area contributed by atoms with E-state index in [9.17, 15) is 4.79 Å². The van der Waals surface area contributed by atoms with Crippen molar-refractivity contribution in [3.63, 3.8) is 0 Å². The summed E-state index contributed by atoms with van der Waals surface area (Å²) < 4.78 is 5.10. The number of nitrogens with zero attached hydrogens (tertiary/aromatic N) is 2. The average Bonchev–Trinajstić information content (AvgIpc) is 2.97. The van der Waals surface area contributed by atoms with Crippen LogP contribution in [0.2, 0.25) is 0 Å². The first-order valence-electron chi connectivity index (χ1n) is 7.04. The summed E-state index contributed by atoms with van der Waals surface area (Å²) in [6.07, 6.45) is 3.31. The van der Waals surface area contributed by atoms with Crippen molar-refractivity contribution < 1.29 is 9.32 Å². The Labute approximate surface area is 114 Å². The zero-order valence-corrected chi connectivity index (χ0v) is 12.0. The van der Waals surface area contributed by atoms with Crippen molar-refractivity contribution in [2.45, 2.75) is 46.1 Å². The fourth-order valence-corrected chi connectivity index (χ4v) is 3.16. The Morgan fingerprint density at radius 2 is 2.21 bits per heavy atom. The molecule has 1 fully saturated rings. The topological polar surface area (TPSA) is 72.4 Å². The summed E-state index contributed by atoms with van der Waals surface area (Å²) in [4.78, 5) is 14.7. The van der Waals surface area contributed by atoms with Gasteiger partial charge >= 0.3 is 0 Å². The summed E-state index contributed by atoms with van der Waals surface area (Å²) in [5.74, 6) is 1.05. The highest BCUT2D eigenvalue weighted by Crippen LogP contribution is 2.30. The van der Waals surface area contributed by atoms with E-state index in [-0.39, 0.29) is 11.9 Å². The first-order chi connectivity index (χ1) is 9.10. The quantitative estimate of drug-likeness (QED) is 0.902. The van der Waals surface area contributed by atoms with Crippen molar-refractivity contribution in [3.05, 3.63) is 17.0 Å². The minimum atomic E-state index is 0.0316. The van der Waals surface area contributed by atoms with Crippen molar-refractivity contribution in [2.24, 2.45) is 11.7 Å². The van der Waals surface area contributed by atoms with Gasteiger partial charge in [0, 0.05) is 12.6 Å². The number of aromatic nitrogens is 1. The maximum atomic E-state index is 12.7. The van der Waals surface area contributed by atoms with Gasteiger partial charge in [-0.2, -0.15) is 0 Å². The lowest BCUT2D eigenvalue weighted by atomic mass is 10.0. The summed E-state index contributed by atoms with van der Waals surface area (Å²) in [6, 6.07) is 0.260. The lowest BCUT2D eigenvalue weighted by Crippen LogP contribution is -2.44. The molecule has 2 N–H and O–H groups in total. The Bertz CT molecular complexity index is 436. The van der Waals surface area contributed by atoms with Crippen LogP contribution in [-0.2, 0) is 0 Å². The summed E-state index contributed by atoms with van der Waals surface area (Å²) in [6.45, 7) is 6.96. The molecule has 1 heterocycles. The molecule has 1 aromatic rings. The van der Waals surface area contributed by atoms with Crippen LogP contribution in [0, 0.1) is 19.8 Å². The zero-order chi connectivity index (χ0) is 14.0. The summed E-state index contributed by atoms with van der Waals surface area (Å²) >= 11 is 0. The predicted octanol–water partition coefficient (Wildman–Crippen LogP) is 1.88. The van der Waals surface area contributed by atoms with Crippen LogP contribution in [-0.4, -0.2) is 35.1 Å². The van der Waals surface area contributed by atoms with E-state index >= 15 is 0 Å². The highest BCUT2D eigenvalue weighted by atomic mass is 16.5. The monoisotopic (exact) mass is 265 g/mol. The molecule has 2 unspecified atom stereocenters. The Kier molecular flexibility index (Phi) is 4.24. The van der Waals surface area contributed by atoms with E-state index in [0.717, 1.165) is 19.3 Å². The van der Waals surface area contributed by atoms with E-state index in [2.05, 4.69) is 5.16 Å². The molecule has 0 radical (unpaired) electrons. The normalized spacial score (nSPS) is 22.7. The molecule has 1 aliphatic rings. The van der Waals surface area contributed by atoms with Crippen molar-refractivity contribution in [1.29, 1.82) is 0 Å². The minimum Gasteiger partial charge on any atom is -0.361 e. The van der Waals surface area contributed by atoms with Crippen LogP contribution >= 0.6 is 0 Å². The molecule has 0 spiro atoms. The van der Waals surface area contributed by atoms with Crippen LogP contribution in [0.4, 0.5) is 0 Å². The van der Waals surface area contributed by atoms with Crippen LogP contribution in [0.1, 0.15) is 48.0 Å². The molecular weight excluding hydrogens is 242 g/mol. The number of amides is 1. The van der Waals surface area contributed by atoms with Crippen LogP contribution in [0.25, 0.3) is 0 Å². The largest absolute Gasteiger partial charge is 0.361 e. The summed E-state index contributed by atoms with van der Waals surface area (Å²) in [7, 11) is 0. The van der Waals surface area contributed by atoms with Crippen molar-refractivity contribution in [3.8, 4) is 0 Å². The lowest BCUT2D eigenvalue weighted by Gasteiger charge is -2.31. The third-order valence-electron chi connectivity index (χ3n) is 4.17. The van der Waals surface area contributed by atoms with Crippen LogP contribution < -0.4 is 5.73 Å². The number of carbonyl (C=O) groups is 1. The van der Waals surface area contributed by atoms with E-state index in [1.165, 1.54) is 0 Å². The van der Waals surface area contributed by atoms with Crippen LogP contribution in [0.3, 0.4) is 0 Å². The molecule has 0 aliphatic heterocycles. The van der Waals surface area contributed by atoms with E-state index in [4.69, 9.17) is 10.3 Å². The number of aryl methyl sites for hydroxylation is 2. The van der Waals surface area contributed by atoms with Gasteiger partial charge in [-0.3, -0.25) is 4.79 Å². The van der Waals surface area contributed by atoms with Crippen molar-refractivity contribution in [1.82, 2.24) is 10.1 Å². The molecule has 1 amide bonds. The van der Waals surface area contributed by atoms with Gasteiger partial charge in [0.15, 0.2) is 0 Å². The van der Waals surface area contributed by atoms with E-state index in [0.29, 0.717) is 36.0 Å². The van der Waals surface area contributed by atoms with Gasteiger partial charge < -0.3 is 15.2 Å². The molecule has 1 saturated carbocycles. The van der Waals surface area contributed by atoms with Gasteiger partial charge in [0.2, 0.25) is 0 Å². The molecule has 5 nitrogen and oxygen atoms in total. The molecule has 19 heavy (non-hydrogen) atoms. The van der Waals surface area contributed by atoms with E-state index in [1.807, 2.05) is 18.7 Å². The molecule has 5 heteroatoms. The SMILES string of the molecule is CCN(C(=O)c1c(C)noc1C)C1CCCC1CN. The van der Waals surface area contributed by atoms with E-state index in [1.54, 1.807) is 6.92 Å². The summed E-state index contributed by atoms with van der Waals surface area (Å²) in [5, 5.41) is 3.87. The average molecular weight is 265 g/mol. The maximum absolute atomic E-state index is 12.7. The molecule has 0 bridgehead atoms. The van der Waals surface area contributed by atoms with Gasteiger partial charge in [-0.15, -0.1) is 0 Å². The van der Waals surface area contributed by atoms with Gasteiger partial charge in [-0.1, -0.05) is 11.6 Å². The fourth-order valence-electron chi connectivity index (χ4n) is 3.16. The first-order valence-corrected chi connectivity index (χ1v) is 7.04. The Morgan fingerprint density at radius 3 is 2.74 bits per heavy atom. The first kappa shape index (κ1) is 14.1. The number of carbonyl (C=O) groups excluding carboxylic acids is 1. The number of hydrogen-bond acceptors (Lipinski definition) is 4. The number of rotatable bonds is 4. The third kappa shape index (κ3) is 2.52. The number of nitrogens with two attached hydrogens (primary N) is 1. The Balaban J connectivity index is 2.25. The molecular formula is C14H23N3O2. The van der Waals surface area contributed by atoms with Gasteiger partial charge in [0.25, 0.3) is 5.91 Å². The molecule has 0 aromatic carbocycles. The molecule has 0 saturated heterocycles. The highest BCUT2D eigenvalue weighted by Gasteiger charge is 2.35. The van der Waals surface area contributed by atoms with Gasteiger partial charge in [0.05, 0.1) is 5.69 Å². The van der Waals surface area contributed by atoms with Gasteiger partial charge in [-0.25, -0.2) is 0 Å². The second-order valence-corrected chi connectivity index (χ2v) is 5.28. The van der Waals surface area contributed by atoms with Crippen LogP contribution in [0.15, 0.2) is 4.52 Å². The molecule has 1 aromatic heterocycles. The second-order valence-electron chi connectivity index (χ2n) is 5.28. The Hall–Kier alpha value is -1.36. The van der Waals surface area contributed by atoms with Crippen molar-refractivity contribution >= 4 is 5.91 Å². The Morgan fingerprint density at radius 1 is 1.47 bits per heavy atom. The predicted molar refractivity (Wildman–Crippen MR) is 72.9 cm³/mol. The third-order valence-corrected chi connectivity index (χ3v) is 4.17. The fraction of sp³-hybridized carbons (Fsp3) is 0.714. The van der Waals surface area contributed by atoms with Gasteiger partial charge in [0.1, 0.15) is 11.3 Å². The lowest BCUT2D eigenvalue weighted by molar-refractivity contribution is 0.0649. The van der Waals surface area contributed by atoms with Crippen molar-refractivity contribution in [2.75, 3.05) is 13.1 Å². The molecule has 2 atom stereocenters. The molecule has 106 valence electrons. The smallest absolute Gasteiger partial charge is 0.259 e. The zero-order valence-electron chi connectivity index (χ0n) is 12.0. The summed E-state index contributed by atoms with van der Waals surface area (Å²) in [5.41, 5.74) is 7.11. The molecule has 2 rings (SSSR count). The second kappa shape index (κ2) is 5.74. The highest BCUT2D eigenvalue weighted by molar-refractivity contribution is 5.96. The van der Waals surface area contributed by atoms with Gasteiger partial charge in [-0.05, 0) is 46.1 Å². The van der Waals surface area contributed by atoms with Crippen LogP contribution in [0.5, 0.6) is 0 Å². The maximum Gasteiger partial charge on any atom is 0.259 e. The standard InChI is InChI=1S/C14H23N3O2/c1-4-17(12-7-5-6-11(12)8-15)14(18)13-9(2)16-19-10(13)3/h11-12H,4-8,15H2,1-3H3. The minimum absolute atomic E-state index is 0.0316. The number of hydrogen-bond donors (Lipinski definition) is 1.